The third-order valence-electron chi connectivity index (χ3n) is 5.87. The molecule has 0 amide bonds. The van der Waals surface area contributed by atoms with Gasteiger partial charge in [0.05, 0.1) is 21.4 Å². The van der Waals surface area contributed by atoms with Crippen LogP contribution < -0.4 is 0 Å². The van der Waals surface area contributed by atoms with Crippen LogP contribution in [0.15, 0.2) is 66.7 Å². The number of hydrogen-bond donors (Lipinski definition) is 0. The zero-order valence-electron chi connectivity index (χ0n) is 17.4. The van der Waals surface area contributed by atoms with Crippen molar-refractivity contribution in [1.82, 2.24) is 14.5 Å². The van der Waals surface area contributed by atoms with Gasteiger partial charge in [0.15, 0.2) is 0 Å². The SMILES string of the molecule is Cc1cccc(C)c1-n1c(-c2ccc(F)c3c2sc2nc(F)ccc23)nc2ccccc21. The van der Waals surface area contributed by atoms with Gasteiger partial charge >= 0.3 is 0 Å². The van der Waals surface area contributed by atoms with Gasteiger partial charge in [0.2, 0.25) is 5.95 Å². The number of thiophene rings is 1. The summed E-state index contributed by atoms with van der Waals surface area (Å²) >= 11 is 1.29. The molecule has 3 heterocycles. The Labute approximate surface area is 186 Å². The molecule has 0 atom stereocenters. The van der Waals surface area contributed by atoms with Crippen LogP contribution in [0, 0.1) is 25.6 Å². The molecule has 3 nitrogen and oxygen atoms in total. The molecule has 0 N–H and O–H groups in total. The number of aromatic nitrogens is 3. The number of nitrogens with zero attached hydrogens (tertiary/aromatic N) is 3. The number of fused-ring (bicyclic) bond motifs is 4. The summed E-state index contributed by atoms with van der Waals surface area (Å²) in [7, 11) is 0. The van der Waals surface area contributed by atoms with E-state index in [1.807, 2.05) is 30.3 Å². The molecule has 0 aliphatic heterocycles. The first-order chi connectivity index (χ1) is 15.5. The van der Waals surface area contributed by atoms with Crippen LogP contribution in [0.4, 0.5) is 8.78 Å². The molecular formula is C26H17F2N3S. The summed E-state index contributed by atoms with van der Waals surface area (Å²) in [4.78, 5) is 9.43. The van der Waals surface area contributed by atoms with Gasteiger partial charge in [-0.1, -0.05) is 30.3 Å². The summed E-state index contributed by atoms with van der Waals surface area (Å²) in [6, 6.07) is 20.2. The minimum Gasteiger partial charge on any atom is -0.292 e. The molecular weight excluding hydrogens is 424 g/mol. The van der Waals surface area contributed by atoms with E-state index in [2.05, 4.69) is 35.5 Å². The Morgan fingerprint density at radius 3 is 2.41 bits per heavy atom. The van der Waals surface area contributed by atoms with Crippen LogP contribution in [0.2, 0.25) is 0 Å². The predicted octanol–water partition coefficient (Wildman–Crippen LogP) is 7.35. The summed E-state index contributed by atoms with van der Waals surface area (Å²) in [5, 5.41) is 1.07. The molecule has 0 radical (unpaired) electrons. The smallest absolute Gasteiger partial charge is 0.214 e. The van der Waals surface area contributed by atoms with Crippen LogP contribution in [-0.2, 0) is 0 Å². The lowest BCUT2D eigenvalue weighted by Gasteiger charge is -2.15. The first-order valence-corrected chi connectivity index (χ1v) is 11.1. The normalized spacial score (nSPS) is 11.8. The largest absolute Gasteiger partial charge is 0.292 e. The van der Waals surface area contributed by atoms with Crippen LogP contribution in [-0.4, -0.2) is 14.5 Å². The van der Waals surface area contributed by atoms with E-state index in [9.17, 15) is 8.78 Å². The summed E-state index contributed by atoms with van der Waals surface area (Å²) in [5.41, 5.74) is 5.92. The molecule has 32 heavy (non-hydrogen) atoms. The zero-order chi connectivity index (χ0) is 22.0. The number of imidazole rings is 1. The minimum absolute atomic E-state index is 0.349. The van der Waals surface area contributed by atoms with E-state index in [4.69, 9.17) is 4.98 Å². The van der Waals surface area contributed by atoms with Crippen molar-refractivity contribution in [1.29, 1.82) is 0 Å². The quantitative estimate of drug-likeness (QED) is 0.263. The number of pyridine rings is 1. The number of benzene rings is 3. The van der Waals surface area contributed by atoms with Gasteiger partial charge in [0.25, 0.3) is 0 Å². The first kappa shape index (κ1) is 19.1. The van der Waals surface area contributed by atoms with E-state index in [0.717, 1.165) is 39.2 Å². The number of rotatable bonds is 2. The molecule has 3 aromatic carbocycles. The maximum Gasteiger partial charge on any atom is 0.214 e. The molecule has 156 valence electrons. The third-order valence-corrected chi connectivity index (χ3v) is 7.00. The fourth-order valence-electron chi connectivity index (χ4n) is 4.47. The maximum absolute atomic E-state index is 15.0. The Morgan fingerprint density at radius 1 is 0.812 bits per heavy atom. The van der Waals surface area contributed by atoms with Crippen molar-refractivity contribution in [3.63, 3.8) is 0 Å². The van der Waals surface area contributed by atoms with E-state index in [1.54, 1.807) is 12.1 Å². The number of aryl methyl sites for hydroxylation is 2. The van der Waals surface area contributed by atoms with Crippen LogP contribution in [0.5, 0.6) is 0 Å². The molecule has 6 aromatic rings. The van der Waals surface area contributed by atoms with Gasteiger partial charge in [-0.15, -0.1) is 11.3 Å². The molecule has 0 aliphatic carbocycles. The first-order valence-electron chi connectivity index (χ1n) is 10.2. The standard InChI is InChI=1S/C26H17F2N3S/c1-14-6-5-7-15(2)23(14)31-20-9-4-3-8-19(20)29-25(31)17-10-12-18(27)22-16-11-13-21(28)30-26(16)32-24(17)22/h3-13H,1-2H3. The van der Waals surface area contributed by atoms with Crippen molar-refractivity contribution >= 4 is 42.7 Å². The van der Waals surface area contributed by atoms with Gasteiger partial charge in [-0.25, -0.2) is 14.4 Å². The second-order valence-electron chi connectivity index (χ2n) is 7.89. The number of para-hydroxylation sites is 3. The lowest BCUT2D eigenvalue weighted by atomic mass is 10.1. The highest BCUT2D eigenvalue weighted by Gasteiger charge is 2.22. The second-order valence-corrected chi connectivity index (χ2v) is 8.89. The van der Waals surface area contributed by atoms with Crippen molar-refractivity contribution in [2.45, 2.75) is 13.8 Å². The monoisotopic (exact) mass is 441 g/mol. The van der Waals surface area contributed by atoms with Crippen molar-refractivity contribution in [2.24, 2.45) is 0 Å². The average molecular weight is 442 g/mol. The molecule has 0 fully saturated rings. The van der Waals surface area contributed by atoms with E-state index >= 15 is 0 Å². The zero-order valence-corrected chi connectivity index (χ0v) is 18.2. The van der Waals surface area contributed by atoms with Gasteiger partial charge in [0.1, 0.15) is 16.5 Å². The molecule has 3 aromatic heterocycles. The molecule has 0 aliphatic rings. The Hall–Kier alpha value is -3.64. The lowest BCUT2D eigenvalue weighted by Crippen LogP contribution is -2.02. The Kier molecular flexibility index (Phi) is 4.13. The number of halogens is 2. The van der Waals surface area contributed by atoms with Gasteiger partial charge in [0, 0.05) is 16.3 Å². The average Bonchev–Trinajstić information content (AvgIpc) is 3.33. The highest BCUT2D eigenvalue weighted by atomic mass is 32.1. The summed E-state index contributed by atoms with van der Waals surface area (Å²) in [6.07, 6.45) is 0. The second kappa shape index (κ2) is 6.93. The van der Waals surface area contributed by atoms with E-state index in [1.165, 1.54) is 23.5 Å². The van der Waals surface area contributed by atoms with Crippen molar-refractivity contribution in [3.05, 3.63) is 89.6 Å². The van der Waals surface area contributed by atoms with Crippen LogP contribution in [0.25, 0.3) is 48.4 Å². The molecule has 0 unspecified atom stereocenters. The Balaban J connectivity index is 1.77. The molecule has 0 saturated carbocycles. The summed E-state index contributed by atoms with van der Waals surface area (Å²) < 4.78 is 31.6. The van der Waals surface area contributed by atoms with E-state index < -0.39 is 5.95 Å². The highest BCUT2D eigenvalue weighted by Crippen LogP contribution is 2.42. The lowest BCUT2D eigenvalue weighted by molar-refractivity contribution is 0.590. The van der Waals surface area contributed by atoms with Crippen LogP contribution >= 0.6 is 11.3 Å². The molecule has 6 heteroatoms. The van der Waals surface area contributed by atoms with Crippen LogP contribution in [0.3, 0.4) is 0 Å². The molecule has 6 rings (SSSR count). The van der Waals surface area contributed by atoms with Gasteiger partial charge in [-0.3, -0.25) is 4.57 Å². The molecule has 0 saturated heterocycles. The van der Waals surface area contributed by atoms with Crippen molar-refractivity contribution in [2.75, 3.05) is 0 Å². The predicted molar refractivity (Wildman–Crippen MR) is 127 cm³/mol. The fraction of sp³-hybridized carbons (Fsp3) is 0.0769. The topological polar surface area (TPSA) is 30.7 Å². The van der Waals surface area contributed by atoms with E-state index in [0.29, 0.717) is 20.3 Å². The van der Waals surface area contributed by atoms with Gasteiger partial charge < -0.3 is 0 Å². The number of hydrogen-bond acceptors (Lipinski definition) is 3. The highest BCUT2D eigenvalue weighted by molar-refractivity contribution is 7.26. The minimum atomic E-state index is -0.575. The van der Waals surface area contributed by atoms with Crippen LogP contribution in [0.1, 0.15) is 11.1 Å². The van der Waals surface area contributed by atoms with E-state index in [-0.39, 0.29) is 5.82 Å². The van der Waals surface area contributed by atoms with Gasteiger partial charge in [-0.05, 0) is 61.4 Å². The van der Waals surface area contributed by atoms with Crippen molar-refractivity contribution < 1.29 is 8.78 Å². The summed E-state index contributed by atoms with van der Waals surface area (Å²) in [5.74, 6) is -0.201. The van der Waals surface area contributed by atoms with Gasteiger partial charge in [-0.2, -0.15) is 4.39 Å². The maximum atomic E-state index is 15.0. The Morgan fingerprint density at radius 2 is 1.59 bits per heavy atom. The fourth-order valence-corrected chi connectivity index (χ4v) is 5.65. The Bertz CT molecular complexity index is 1660. The summed E-state index contributed by atoms with van der Waals surface area (Å²) in [6.45, 7) is 4.15. The third kappa shape index (κ3) is 2.69. The molecule has 0 bridgehead atoms. The van der Waals surface area contributed by atoms with Crippen molar-refractivity contribution in [3.8, 4) is 17.1 Å². The molecule has 0 spiro atoms.